The minimum Gasteiger partial charge on any atom is -0.267 e. The van der Waals surface area contributed by atoms with Gasteiger partial charge in [-0.3, -0.25) is 14.9 Å². The van der Waals surface area contributed by atoms with Crippen molar-refractivity contribution < 1.29 is 9.72 Å². The molecule has 0 spiro atoms. The summed E-state index contributed by atoms with van der Waals surface area (Å²) < 4.78 is 0. The van der Waals surface area contributed by atoms with Crippen LogP contribution in [0.25, 0.3) is 0 Å². The molecule has 6 nitrogen and oxygen atoms in total. The van der Waals surface area contributed by atoms with Crippen LogP contribution in [0.3, 0.4) is 0 Å². The zero-order valence-corrected chi connectivity index (χ0v) is 15.1. The highest BCUT2D eigenvalue weighted by atomic mass is 16.6. The van der Waals surface area contributed by atoms with Crippen molar-refractivity contribution in [3.05, 3.63) is 75.3 Å². The highest BCUT2D eigenvalue weighted by molar-refractivity contribution is 6.02. The fourth-order valence-electron chi connectivity index (χ4n) is 2.54. The van der Waals surface area contributed by atoms with Crippen molar-refractivity contribution in [2.24, 2.45) is 5.10 Å². The molecule has 0 atom stereocenters. The molecule has 0 aromatic heterocycles. The molecular formula is C20H23N3O3. The van der Waals surface area contributed by atoms with E-state index in [1.54, 1.807) is 0 Å². The molecule has 0 fully saturated rings. The molecule has 0 saturated carbocycles. The van der Waals surface area contributed by atoms with Gasteiger partial charge in [-0.1, -0.05) is 50.6 Å². The highest BCUT2D eigenvalue weighted by Gasteiger charge is 2.11. The minimum absolute atomic E-state index is 0.125. The minimum atomic E-state index is -0.530. The van der Waals surface area contributed by atoms with Gasteiger partial charge >= 0.3 is 0 Å². The molecule has 6 heteroatoms. The van der Waals surface area contributed by atoms with Crippen LogP contribution >= 0.6 is 0 Å². The molecule has 0 bridgehead atoms. The van der Waals surface area contributed by atoms with E-state index >= 15 is 0 Å². The molecule has 136 valence electrons. The van der Waals surface area contributed by atoms with Crippen LogP contribution in [0.4, 0.5) is 5.69 Å². The number of carbonyl (C=O) groups is 1. The third-order valence-corrected chi connectivity index (χ3v) is 4.05. The van der Waals surface area contributed by atoms with E-state index in [2.05, 4.69) is 29.6 Å². The van der Waals surface area contributed by atoms with Crippen LogP contribution in [0.2, 0.25) is 0 Å². The van der Waals surface area contributed by atoms with E-state index < -0.39 is 10.8 Å². The second-order valence-electron chi connectivity index (χ2n) is 5.96. The van der Waals surface area contributed by atoms with Crippen LogP contribution in [0.15, 0.2) is 53.6 Å². The summed E-state index contributed by atoms with van der Waals surface area (Å²) in [5.74, 6) is -0.473. The number of nitrogens with zero attached hydrogens (tertiary/aromatic N) is 2. The summed E-state index contributed by atoms with van der Waals surface area (Å²) in [5, 5.41) is 15.0. The van der Waals surface area contributed by atoms with E-state index in [-0.39, 0.29) is 11.3 Å². The molecule has 0 saturated heterocycles. The molecule has 0 radical (unpaired) electrons. The van der Waals surface area contributed by atoms with Crippen LogP contribution in [0.5, 0.6) is 0 Å². The quantitative estimate of drug-likeness (QED) is 0.431. The van der Waals surface area contributed by atoms with Gasteiger partial charge in [-0.25, -0.2) is 5.43 Å². The van der Waals surface area contributed by atoms with Gasteiger partial charge in [0.15, 0.2) is 0 Å². The van der Waals surface area contributed by atoms with Gasteiger partial charge in [0.2, 0.25) is 0 Å². The molecule has 2 aromatic rings. The number of nitro benzene ring substituents is 1. The number of amides is 1. The number of carbonyl (C=O) groups excluding carboxylic acids is 1. The van der Waals surface area contributed by atoms with E-state index in [1.807, 2.05) is 19.1 Å². The standard InChI is InChI=1S/C20H23N3O3/c1-3-5-7-15-10-12-16(13-11-15)19(4-2)21-22-20(24)17-8-6-9-18(14-17)23(25)26/h6,8-14H,3-5,7H2,1-2H3,(H,22,24). The first-order valence-electron chi connectivity index (χ1n) is 8.75. The van der Waals surface area contributed by atoms with Crippen LogP contribution in [-0.2, 0) is 6.42 Å². The van der Waals surface area contributed by atoms with Gasteiger partial charge in [0, 0.05) is 17.7 Å². The van der Waals surface area contributed by atoms with Crippen LogP contribution in [0.1, 0.15) is 54.6 Å². The number of hydrazone groups is 1. The summed E-state index contributed by atoms with van der Waals surface area (Å²) in [5.41, 5.74) is 5.56. The largest absolute Gasteiger partial charge is 0.271 e. The molecule has 2 aromatic carbocycles. The maximum atomic E-state index is 12.2. The monoisotopic (exact) mass is 353 g/mol. The van der Waals surface area contributed by atoms with Gasteiger partial charge in [0.1, 0.15) is 0 Å². The smallest absolute Gasteiger partial charge is 0.267 e. The molecule has 0 unspecified atom stereocenters. The Morgan fingerprint density at radius 1 is 1.12 bits per heavy atom. The topological polar surface area (TPSA) is 84.6 Å². The predicted octanol–water partition coefficient (Wildman–Crippen LogP) is 4.48. The van der Waals surface area contributed by atoms with Crippen LogP contribution < -0.4 is 5.43 Å². The number of hydrogen-bond donors (Lipinski definition) is 1. The second-order valence-corrected chi connectivity index (χ2v) is 5.96. The average molecular weight is 353 g/mol. The number of nitrogens with one attached hydrogen (secondary N) is 1. The molecule has 0 aliphatic heterocycles. The van der Waals surface area contributed by atoms with Crippen molar-refractivity contribution in [1.82, 2.24) is 5.43 Å². The number of non-ortho nitro benzene ring substituents is 1. The van der Waals surface area contributed by atoms with E-state index in [0.717, 1.165) is 30.5 Å². The zero-order valence-electron chi connectivity index (χ0n) is 15.1. The Kier molecular flexibility index (Phi) is 7.02. The summed E-state index contributed by atoms with van der Waals surface area (Å²) >= 11 is 0. The molecule has 0 heterocycles. The van der Waals surface area contributed by atoms with Gasteiger partial charge in [-0.15, -0.1) is 0 Å². The molecular weight excluding hydrogens is 330 g/mol. The summed E-state index contributed by atoms with van der Waals surface area (Å²) in [7, 11) is 0. The molecule has 2 rings (SSSR count). The molecule has 0 aliphatic carbocycles. The van der Waals surface area contributed by atoms with Gasteiger partial charge in [0.25, 0.3) is 11.6 Å². The van der Waals surface area contributed by atoms with E-state index in [0.29, 0.717) is 6.42 Å². The van der Waals surface area contributed by atoms with E-state index in [4.69, 9.17) is 0 Å². The van der Waals surface area contributed by atoms with Crippen molar-refractivity contribution in [3.8, 4) is 0 Å². The molecule has 0 aliphatic rings. The van der Waals surface area contributed by atoms with Crippen molar-refractivity contribution in [2.75, 3.05) is 0 Å². The molecule has 26 heavy (non-hydrogen) atoms. The average Bonchev–Trinajstić information content (AvgIpc) is 2.67. The number of rotatable bonds is 8. The third-order valence-electron chi connectivity index (χ3n) is 4.05. The molecule has 1 amide bonds. The maximum Gasteiger partial charge on any atom is 0.271 e. The summed E-state index contributed by atoms with van der Waals surface area (Å²) in [6, 6.07) is 13.8. The number of hydrogen-bond acceptors (Lipinski definition) is 4. The van der Waals surface area contributed by atoms with Crippen LogP contribution in [-0.4, -0.2) is 16.5 Å². The van der Waals surface area contributed by atoms with Gasteiger partial charge in [-0.05, 0) is 36.5 Å². The number of benzene rings is 2. The lowest BCUT2D eigenvalue weighted by Crippen LogP contribution is -2.20. The summed E-state index contributed by atoms with van der Waals surface area (Å²) in [6.45, 7) is 4.13. The second kappa shape index (κ2) is 9.46. The Bertz CT molecular complexity index is 798. The SMILES string of the molecule is CCCCc1ccc(C(CC)=NNC(=O)c2cccc([N+](=O)[O-])c2)cc1. The van der Waals surface area contributed by atoms with Gasteiger partial charge in [0.05, 0.1) is 10.6 Å². The van der Waals surface area contributed by atoms with E-state index in [9.17, 15) is 14.9 Å². The Balaban J connectivity index is 2.10. The first kappa shape index (κ1) is 19.3. The lowest BCUT2D eigenvalue weighted by atomic mass is 10.0. The van der Waals surface area contributed by atoms with Gasteiger partial charge < -0.3 is 0 Å². The first-order chi connectivity index (χ1) is 12.5. The van der Waals surface area contributed by atoms with Crippen molar-refractivity contribution in [1.29, 1.82) is 0 Å². The fraction of sp³-hybridized carbons (Fsp3) is 0.300. The Labute approximate surface area is 153 Å². The van der Waals surface area contributed by atoms with E-state index in [1.165, 1.54) is 29.8 Å². The highest BCUT2D eigenvalue weighted by Crippen LogP contribution is 2.13. The normalized spacial score (nSPS) is 11.2. The Hall–Kier alpha value is -3.02. The van der Waals surface area contributed by atoms with Crippen molar-refractivity contribution >= 4 is 17.3 Å². The maximum absolute atomic E-state index is 12.2. The number of nitro groups is 1. The third kappa shape index (κ3) is 5.24. The number of aryl methyl sites for hydroxylation is 1. The fourth-order valence-corrected chi connectivity index (χ4v) is 2.54. The zero-order chi connectivity index (χ0) is 18.9. The molecule has 1 N–H and O–H groups in total. The van der Waals surface area contributed by atoms with Crippen molar-refractivity contribution in [3.63, 3.8) is 0 Å². The summed E-state index contributed by atoms with van der Waals surface area (Å²) in [4.78, 5) is 22.5. The first-order valence-corrected chi connectivity index (χ1v) is 8.75. The Morgan fingerprint density at radius 3 is 2.46 bits per heavy atom. The summed E-state index contributed by atoms with van der Waals surface area (Å²) in [6.07, 6.45) is 4.03. The number of unbranched alkanes of at least 4 members (excludes halogenated alkanes) is 1. The lowest BCUT2D eigenvalue weighted by Gasteiger charge is -2.07. The van der Waals surface area contributed by atoms with Crippen LogP contribution in [0, 0.1) is 10.1 Å². The van der Waals surface area contributed by atoms with Gasteiger partial charge in [-0.2, -0.15) is 5.10 Å². The Morgan fingerprint density at radius 2 is 1.85 bits per heavy atom. The predicted molar refractivity (Wildman–Crippen MR) is 102 cm³/mol. The van der Waals surface area contributed by atoms with Crippen molar-refractivity contribution in [2.45, 2.75) is 39.5 Å². The lowest BCUT2D eigenvalue weighted by molar-refractivity contribution is -0.384.